The van der Waals surface area contributed by atoms with Crippen molar-refractivity contribution in [2.75, 3.05) is 7.11 Å². The number of phenols is 1. The maximum Gasteiger partial charge on any atom is 0.168 e. The van der Waals surface area contributed by atoms with E-state index < -0.39 is 11.4 Å². The number of hydrogen-bond acceptors (Lipinski definition) is 3. The van der Waals surface area contributed by atoms with E-state index in [1.807, 2.05) is 0 Å². The highest BCUT2D eigenvalue weighted by molar-refractivity contribution is 5.46. The first-order valence-corrected chi connectivity index (χ1v) is 4.43. The zero-order chi connectivity index (χ0) is 10.3. The first-order chi connectivity index (χ1) is 6.57. The normalized spacial score (nSPS) is 17.9. The molecule has 0 aromatic heterocycles. The predicted octanol–water partition coefficient (Wildman–Crippen LogP) is 1.49. The lowest BCUT2D eigenvalue weighted by molar-refractivity contribution is 0.379. The number of hydrogen-bond donors (Lipinski definition) is 2. The van der Waals surface area contributed by atoms with Crippen LogP contribution in [-0.4, -0.2) is 12.2 Å². The summed E-state index contributed by atoms with van der Waals surface area (Å²) in [5.74, 6) is -0.546. The molecule has 0 amide bonds. The lowest BCUT2D eigenvalue weighted by atomic mass is 10.0. The summed E-state index contributed by atoms with van der Waals surface area (Å²) in [5.41, 5.74) is 5.99. The van der Waals surface area contributed by atoms with Crippen LogP contribution in [0.2, 0.25) is 0 Å². The summed E-state index contributed by atoms with van der Waals surface area (Å²) in [7, 11) is 1.38. The van der Waals surface area contributed by atoms with Gasteiger partial charge in [-0.3, -0.25) is 0 Å². The molecule has 1 aromatic rings. The van der Waals surface area contributed by atoms with Crippen LogP contribution in [0.3, 0.4) is 0 Å². The molecule has 0 saturated heterocycles. The fourth-order valence-electron chi connectivity index (χ4n) is 1.50. The highest BCUT2D eigenvalue weighted by Crippen LogP contribution is 2.47. The van der Waals surface area contributed by atoms with E-state index in [0.717, 1.165) is 18.9 Å². The Labute approximate surface area is 81.3 Å². The van der Waals surface area contributed by atoms with Crippen LogP contribution < -0.4 is 10.5 Å². The molecular formula is C10H12FNO2. The SMILES string of the molecule is COc1cc(C2(N)CC2)c(O)cc1F. The van der Waals surface area contributed by atoms with Gasteiger partial charge in [-0.2, -0.15) is 0 Å². The third-order valence-corrected chi connectivity index (χ3v) is 2.60. The highest BCUT2D eigenvalue weighted by atomic mass is 19.1. The van der Waals surface area contributed by atoms with Gasteiger partial charge >= 0.3 is 0 Å². The summed E-state index contributed by atoms with van der Waals surface area (Å²) in [6.45, 7) is 0. The molecule has 0 atom stereocenters. The van der Waals surface area contributed by atoms with Crippen molar-refractivity contribution >= 4 is 0 Å². The van der Waals surface area contributed by atoms with Crippen molar-refractivity contribution in [3.05, 3.63) is 23.5 Å². The van der Waals surface area contributed by atoms with Crippen LogP contribution in [0.25, 0.3) is 0 Å². The van der Waals surface area contributed by atoms with Crippen LogP contribution >= 0.6 is 0 Å². The summed E-state index contributed by atoms with van der Waals surface area (Å²) in [6, 6.07) is 2.51. The van der Waals surface area contributed by atoms with Crippen molar-refractivity contribution in [3.63, 3.8) is 0 Å². The molecule has 0 radical (unpaired) electrons. The largest absolute Gasteiger partial charge is 0.507 e. The number of halogens is 1. The fraction of sp³-hybridized carbons (Fsp3) is 0.400. The van der Waals surface area contributed by atoms with Gasteiger partial charge in [-0.25, -0.2) is 4.39 Å². The van der Waals surface area contributed by atoms with Crippen LogP contribution in [0.4, 0.5) is 4.39 Å². The van der Waals surface area contributed by atoms with Crippen LogP contribution in [0.1, 0.15) is 18.4 Å². The van der Waals surface area contributed by atoms with E-state index in [-0.39, 0.29) is 11.5 Å². The van der Waals surface area contributed by atoms with E-state index in [2.05, 4.69) is 0 Å². The molecule has 14 heavy (non-hydrogen) atoms. The summed E-state index contributed by atoms with van der Waals surface area (Å²) >= 11 is 0. The Bertz CT molecular complexity index is 375. The van der Waals surface area contributed by atoms with Crippen molar-refractivity contribution < 1.29 is 14.2 Å². The topological polar surface area (TPSA) is 55.5 Å². The van der Waals surface area contributed by atoms with Gasteiger partial charge in [0.2, 0.25) is 0 Å². The lowest BCUT2D eigenvalue weighted by Crippen LogP contribution is -2.19. The van der Waals surface area contributed by atoms with Crippen LogP contribution in [0.5, 0.6) is 11.5 Å². The zero-order valence-electron chi connectivity index (χ0n) is 7.88. The maximum atomic E-state index is 13.1. The van der Waals surface area contributed by atoms with E-state index in [9.17, 15) is 9.50 Å². The second-order valence-electron chi connectivity index (χ2n) is 3.66. The molecule has 1 fully saturated rings. The summed E-state index contributed by atoms with van der Waals surface area (Å²) in [6.07, 6.45) is 1.63. The van der Waals surface area contributed by atoms with E-state index in [1.165, 1.54) is 13.2 Å². The molecule has 0 bridgehead atoms. The summed E-state index contributed by atoms with van der Waals surface area (Å²) in [5, 5.41) is 9.51. The number of rotatable bonds is 2. The lowest BCUT2D eigenvalue weighted by Gasteiger charge is -2.13. The van der Waals surface area contributed by atoms with Gasteiger partial charge in [0.05, 0.1) is 7.11 Å². The number of phenolic OH excluding ortho intramolecular Hbond substituents is 1. The van der Waals surface area contributed by atoms with E-state index in [4.69, 9.17) is 10.5 Å². The van der Waals surface area contributed by atoms with Crippen molar-refractivity contribution in [2.45, 2.75) is 18.4 Å². The van der Waals surface area contributed by atoms with Gasteiger partial charge < -0.3 is 15.6 Å². The second-order valence-corrected chi connectivity index (χ2v) is 3.66. The minimum Gasteiger partial charge on any atom is -0.507 e. The minimum atomic E-state index is -0.571. The Hall–Kier alpha value is -1.29. The van der Waals surface area contributed by atoms with Crippen LogP contribution in [-0.2, 0) is 5.54 Å². The third-order valence-electron chi connectivity index (χ3n) is 2.60. The molecule has 3 nitrogen and oxygen atoms in total. The zero-order valence-corrected chi connectivity index (χ0v) is 7.88. The minimum absolute atomic E-state index is 0.0942. The number of nitrogens with two attached hydrogens (primary N) is 1. The van der Waals surface area contributed by atoms with E-state index in [1.54, 1.807) is 0 Å². The average molecular weight is 197 g/mol. The maximum absolute atomic E-state index is 13.1. The Balaban J connectivity index is 2.50. The number of aromatic hydroxyl groups is 1. The van der Waals surface area contributed by atoms with E-state index in [0.29, 0.717) is 5.56 Å². The Morgan fingerprint density at radius 3 is 2.64 bits per heavy atom. The molecule has 0 spiro atoms. The quantitative estimate of drug-likeness (QED) is 0.755. The van der Waals surface area contributed by atoms with Gasteiger partial charge in [0.1, 0.15) is 5.75 Å². The van der Waals surface area contributed by atoms with Gasteiger partial charge in [-0.1, -0.05) is 0 Å². The molecule has 0 aliphatic heterocycles. The molecule has 76 valence electrons. The van der Waals surface area contributed by atoms with Crippen LogP contribution in [0.15, 0.2) is 12.1 Å². The van der Waals surface area contributed by atoms with Crippen molar-refractivity contribution in [1.82, 2.24) is 0 Å². The van der Waals surface area contributed by atoms with Gasteiger partial charge in [0.25, 0.3) is 0 Å². The average Bonchev–Trinajstić information content (AvgIpc) is 2.85. The Kier molecular flexibility index (Phi) is 1.89. The number of benzene rings is 1. The van der Waals surface area contributed by atoms with Crippen molar-refractivity contribution in [1.29, 1.82) is 0 Å². The van der Waals surface area contributed by atoms with Crippen molar-refractivity contribution in [3.8, 4) is 11.5 Å². The molecule has 4 heteroatoms. The number of methoxy groups -OCH3 is 1. The Morgan fingerprint density at radius 1 is 1.50 bits per heavy atom. The second kappa shape index (κ2) is 2.85. The molecule has 1 aliphatic carbocycles. The molecular weight excluding hydrogens is 185 g/mol. The van der Waals surface area contributed by atoms with Gasteiger partial charge in [0.15, 0.2) is 11.6 Å². The van der Waals surface area contributed by atoms with Crippen molar-refractivity contribution in [2.24, 2.45) is 5.73 Å². The number of ether oxygens (including phenoxy) is 1. The Morgan fingerprint density at radius 2 is 2.14 bits per heavy atom. The first-order valence-electron chi connectivity index (χ1n) is 4.43. The van der Waals surface area contributed by atoms with Gasteiger partial charge in [0, 0.05) is 17.2 Å². The molecule has 1 aromatic carbocycles. The fourth-order valence-corrected chi connectivity index (χ4v) is 1.50. The first kappa shape index (κ1) is 9.27. The molecule has 0 heterocycles. The smallest absolute Gasteiger partial charge is 0.168 e. The molecule has 3 N–H and O–H groups in total. The van der Waals surface area contributed by atoms with Crippen LogP contribution in [0, 0.1) is 5.82 Å². The molecule has 2 rings (SSSR count). The standard InChI is InChI=1S/C10H12FNO2/c1-14-9-4-6(10(12)2-3-10)8(13)5-7(9)11/h4-5,13H,2-3,12H2,1H3. The summed E-state index contributed by atoms with van der Waals surface area (Å²) < 4.78 is 17.9. The van der Waals surface area contributed by atoms with E-state index >= 15 is 0 Å². The molecule has 0 unspecified atom stereocenters. The highest BCUT2D eigenvalue weighted by Gasteiger charge is 2.42. The third kappa shape index (κ3) is 1.32. The van der Waals surface area contributed by atoms with Gasteiger partial charge in [-0.15, -0.1) is 0 Å². The monoisotopic (exact) mass is 197 g/mol. The summed E-state index contributed by atoms with van der Waals surface area (Å²) in [4.78, 5) is 0. The van der Waals surface area contributed by atoms with Gasteiger partial charge in [-0.05, 0) is 18.9 Å². The molecule has 1 aliphatic rings. The predicted molar refractivity (Wildman–Crippen MR) is 49.7 cm³/mol. The molecule has 1 saturated carbocycles.